The smallest absolute Gasteiger partial charge is 0.255 e. The van der Waals surface area contributed by atoms with Gasteiger partial charge in [-0.2, -0.15) is 0 Å². The molecule has 0 atom stereocenters. The molecule has 5 nitrogen and oxygen atoms in total. The topological polar surface area (TPSA) is 58.6 Å². The minimum absolute atomic E-state index is 0.0270. The maximum absolute atomic E-state index is 12.7. The van der Waals surface area contributed by atoms with Crippen LogP contribution in [0.5, 0.6) is 5.75 Å². The van der Waals surface area contributed by atoms with Crippen LogP contribution in [-0.4, -0.2) is 36.4 Å². The number of anilines is 1. The number of hydrogen-bond donors (Lipinski definition) is 1. The van der Waals surface area contributed by atoms with Crippen molar-refractivity contribution >= 4 is 17.5 Å². The van der Waals surface area contributed by atoms with Crippen molar-refractivity contribution in [2.75, 3.05) is 25.0 Å². The zero-order chi connectivity index (χ0) is 19.2. The molecule has 0 bridgehead atoms. The number of rotatable bonds is 6. The highest BCUT2D eigenvalue weighted by Crippen LogP contribution is 2.21. The van der Waals surface area contributed by atoms with Crippen molar-refractivity contribution in [3.8, 4) is 5.75 Å². The largest absolute Gasteiger partial charge is 0.493 e. The van der Waals surface area contributed by atoms with Crippen molar-refractivity contribution < 1.29 is 14.3 Å². The van der Waals surface area contributed by atoms with Crippen LogP contribution in [0.1, 0.15) is 47.4 Å². The summed E-state index contributed by atoms with van der Waals surface area (Å²) in [5.74, 6) is 0.912. The number of para-hydroxylation sites is 1. The molecule has 0 aromatic heterocycles. The Kier molecular flexibility index (Phi) is 6.12. The average Bonchev–Trinajstić information content (AvgIpc) is 3.21. The standard InChI is InChI=1S/C22H26N2O3/c1-16(2)15-27-18-11-9-17(10-12-18)21(25)23-20-8-4-3-7-19(20)22(26)24-13-5-6-14-24/h3-4,7-12,16H,5-6,13-15H2,1-2H3,(H,23,25). The van der Waals surface area contributed by atoms with E-state index < -0.39 is 0 Å². The van der Waals surface area contributed by atoms with E-state index in [4.69, 9.17) is 4.74 Å². The molecule has 0 unspecified atom stereocenters. The van der Waals surface area contributed by atoms with Crippen LogP contribution >= 0.6 is 0 Å². The first-order valence-corrected chi connectivity index (χ1v) is 9.47. The highest BCUT2D eigenvalue weighted by atomic mass is 16.5. The number of amides is 2. The van der Waals surface area contributed by atoms with Crippen LogP contribution in [0.25, 0.3) is 0 Å². The Morgan fingerprint density at radius 1 is 1.04 bits per heavy atom. The van der Waals surface area contributed by atoms with E-state index in [9.17, 15) is 9.59 Å². The van der Waals surface area contributed by atoms with Crippen molar-refractivity contribution in [1.82, 2.24) is 4.90 Å². The van der Waals surface area contributed by atoms with Crippen molar-refractivity contribution in [3.63, 3.8) is 0 Å². The maximum Gasteiger partial charge on any atom is 0.255 e. The van der Waals surface area contributed by atoms with E-state index in [1.54, 1.807) is 36.4 Å². The number of carbonyl (C=O) groups excluding carboxylic acids is 2. The molecule has 27 heavy (non-hydrogen) atoms. The van der Waals surface area contributed by atoms with Gasteiger partial charge >= 0.3 is 0 Å². The molecule has 0 saturated carbocycles. The fraction of sp³-hybridized carbons (Fsp3) is 0.364. The van der Waals surface area contributed by atoms with Gasteiger partial charge in [-0.15, -0.1) is 0 Å². The van der Waals surface area contributed by atoms with Gasteiger partial charge in [-0.25, -0.2) is 0 Å². The van der Waals surface area contributed by atoms with Gasteiger partial charge in [0.15, 0.2) is 0 Å². The average molecular weight is 366 g/mol. The van der Waals surface area contributed by atoms with E-state index in [1.165, 1.54) is 0 Å². The summed E-state index contributed by atoms with van der Waals surface area (Å²) in [5.41, 5.74) is 1.60. The Hall–Kier alpha value is -2.82. The van der Waals surface area contributed by atoms with Gasteiger partial charge in [-0.05, 0) is 55.2 Å². The molecule has 2 amide bonds. The first-order valence-electron chi connectivity index (χ1n) is 9.47. The molecule has 1 aliphatic heterocycles. The molecule has 1 saturated heterocycles. The summed E-state index contributed by atoms with van der Waals surface area (Å²) in [4.78, 5) is 27.2. The van der Waals surface area contributed by atoms with E-state index >= 15 is 0 Å². The third-order valence-corrected chi connectivity index (χ3v) is 4.50. The van der Waals surface area contributed by atoms with Crippen molar-refractivity contribution in [3.05, 3.63) is 59.7 Å². The Morgan fingerprint density at radius 3 is 2.37 bits per heavy atom. The molecule has 5 heteroatoms. The first-order chi connectivity index (χ1) is 13.0. The van der Waals surface area contributed by atoms with Gasteiger partial charge in [0.25, 0.3) is 11.8 Å². The van der Waals surface area contributed by atoms with Gasteiger partial charge in [-0.3, -0.25) is 9.59 Å². The number of nitrogens with zero attached hydrogens (tertiary/aromatic N) is 1. The number of hydrogen-bond acceptors (Lipinski definition) is 3. The molecule has 1 aliphatic rings. The third-order valence-electron chi connectivity index (χ3n) is 4.50. The van der Waals surface area contributed by atoms with Crippen molar-refractivity contribution in [1.29, 1.82) is 0 Å². The fourth-order valence-corrected chi connectivity index (χ4v) is 3.03. The summed E-state index contributed by atoms with van der Waals surface area (Å²) in [6.45, 7) is 6.36. The molecule has 142 valence electrons. The highest BCUT2D eigenvalue weighted by molar-refractivity contribution is 6.09. The molecule has 2 aromatic carbocycles. The molecule has 1 fully saturated rings. The summed E-state index contributed by atoms with van der Waals surface area (Å²) in [6, 6.07) is 14.2. The SMILES string of the molecule is CC(C)COc1ccc(C(=O)Nc2ccccc2C(=O)N2CCCC2)cc1. The molecular formula is C22H26N2O3. The van der Waals surface area contributed by atoms with Gasteiger partial charge in [0.1, 0.15) is 5.75 Å². The Balaban J connectivity index is 1.70. The summed E-state index contributed by atoms with van der Waals surface area (Å²) in [5, 5.41) is 2.87. The molecule has 0 aliphatic carbocycles. The van der Waals surface area contributed by atoms with E-state index in [0.29, 0.717) is 29.3 Å². The van der Waals surface area contributed by atoms with E-state index in [-0.39, 0.29) is 11.8 Å². The Labute approximate surface area is 160 Å². The number of likely N-dealkylation sites (tertiary alicyclic amines) is 1. The molecule has 1 heterocycles. The highest BCUT2D eigenvalue weighted by Gasteiger charge is 2.22. The van der Waals surface area contributed by atoms with Gasteiger partial charge < -0.3 is 15.0 Å². The minimum atomic E-state index is -0.243. The zero-order valence-corrected chi connectivity index (χ0v) is 15.9. The second-order valence-corrected chi connectivity index (χ2v) is 7.23. The predicted octanol–water partition coefficient (Wildman–Crippen LogP) is 4.21. The lowest BCUT2D eigenvalue weighted by molar-refractivity contribution is 0.0794. The van der Waals surface area contributed by atoms with Crippen molar-refractivity contribution in [2.45, 2.75) is 26.7 Å². The quantitative estimate of drug-likeness (QED) is 0.833. The number of carbonyl (C=O) groups is 2. The van der Waals surface area contributed by atoms with Crippen molar-refractivity contribution in [2.24, 2.45) is 5.92 Å². The Bertz CT molecular complexity index is 793. The number of ether oxygens (including phenoxy) is 1. The molecule has 0 spiro atoms. The van der Waals surface area contributed by atoms with E-state index in [2.05, 4.69) is 19.2 Å². The second-order valence-electron chi connectivity index (χ2n) is 7.23. The van der Waals surface area contributed by atoms with Gasteiger partial charge in [-0.1, -0.05) is 26.0 Å². The van der Waals surface area contributed by atoms with Crippen LogP contribution in [-0.2, 0) is 0 Å². The summed E-state index contributed by atoms with van der Waals surface area (Å²) in [6.07, 6.45) is 2.07. The fourth-order valence-electron chi connectivity index (χ4n) is 3.03. The van der Waals surface area contributed by atoms with Crippen LogP contribution in [0.15, 0.2) is 48.5 Å². The third kappa shape index (κ3) is 4.88. The van der Waals surface area contributed by atoms with Crippen LogP contribution in [0, 0.1) is 5.92 Å². The number of benzene rings is 2. The lowest BCUT2D eigenvalue weighted by atomic mass is 10.1. The molecular weight excluding hydrogens is 340 g/mol. The summed E-state index contributed by atoms with van der Waals surface area (Å²) < 4.78 is 5.65. The Morgan fingerprint density at radius 2 is 1.70 bits per heavy atom. The summed E-state index contributed by atoms with van der Waals surface area (Å²) >= 11 is 0. The van der Waals surface area contributed by atoms with E-state index in [0.717, 1.165) is 31.7 Å². The van der Waals surface area contributed by atoms with Crippen LogP contribution < -0.4 is 10.1 Å². The maximum atomic E-state index is 12.7. The van der Waals surface area contributed by atoms with Crippen LogP contribution in [0.4, 0.5) is 5.69 Å². The van der Waals surface area contributed by atoms with E-state index in [1.807, 2.05) is 17.0 Å². The molecule has 3 rings (SSSR count). The van der Waals surface area contributed by atoms with Gasteiger partial charge in [0.05, 0.1) is 17.9 Å². The molecule has 0 radical (unpaired) electrons. The van der Waals surface area contributed by atoms with Gasteiger partial charge in [0.2, 0.25) is 0 Å². The predicted molar refractivity (Wildman–Crippen MR) is 106 cm³/mol. The second kappa shape index (κ2) is 8.71. The minimum Gasteiger partial charge on any atom is -0.493 e. The summed E-state index contributed by atoms with van der Waals surface area (Å²) in [7, 11) is 0. The normalized spacial score (nSPS) is 13.7. The lowest BCUT2D eigenvalue weighted by Gasteiger charge is -2.18. The van der Waals surface area contributed by atoms with Crippen LogP contribution in [0.2, 0.25) is 0 Å². The van der Waals surface area contributed by atoms with Crippen LogP contribution in [0.3, 0.4) is 0 Å². The van der Waals surface area contributed by atoms with Gasteiger partial charge in [0, 0.05) is 18.7 Å². The molecule has 1 N–H and O–H groups in total. The molecule has 2 aromatic rings. The lowest BCUT2D eigenvalue weighted by Crippen LogP contribution is -2.28. The number of nitrogens with one attached hydrogen (secondary N) is 1. The zero-order valence-electron chi connectivity index (χ0n) is 15.9. The first kappa shape index (κ1) is 19.0. The monoisotopic (exact) mass is 366 g/mol.